The van der Waals surface area contributed by atoms with Crippen LogP contribution in [0, 0.1) is 0 Å². The van der Waals surface area contributed by atoms with Gasteiger partial charge in [-0.2, -0.15) is 0 Å². The van der Waals surface area contributed by atoms with E-state index in [1.807, 2.05) is 6.07 Å². The van der Waals surface area contributed by atoms with Crippen LogP contribution in [-0.2, 0) is 4.79 Å². The van der Waals surface area contributed by atoms with Gasteiger partial charge in [-0.3, -0.25) is 14.6 Å². The van der Waals surface area contributed by atoms with Crippen LogP contribution in [0.2, 0.25) is 0 Å². The summed E-state index contributed by atoms with van der Waals surface area (Å²) in [6.45, 7) is 0. The summed E-state index contributed by atoms with van der Waals surface area (Å²) in [5, 5.41) is 11.8. The molecule has 1 heterocycles. The first-order valence-corrected chi connectivity index (χ1v) is 7.03. The molecule has 2 rings (SSSR count). The van der Waals surface area contributed by atoms with Crippen molar-refractivity contribution in [1.29, 1.82) is 0 Å². The van der Waals surface area contributed by atoms with Crippen LogP contribution in [0.25, 0.3) is 0 Å². The Labute approximate surface area is 130 Å². The molecule has 0 saturated carbocycles. The van der Waals surface area contributed by atoms with E-state index in [-0.39, 0.29) is 12.3 Å². The van der Waals surface area contributed by atoms with Gasteiger partial charge in [0.05, 0.1) is 12.5 Å². The van der Waals surface area contributed by atoms with E-state index in [9.17, 15) is 9.59 Å². The number of hydrogen-bond donors (Lipinski definition) is 2. The molecule has 0 aliphatic heterocycles. The molecule has 1 amide bonds. The lowest BCUT2D eigenvalue weighted by Gasteiger charge is -2.17. The monoisotopic (exact) mass is 348 g/mol. The molecule has 2 aromatic rings. The first-order valence-electron chi connectivity index (χ1n) is 6.24. The zero-order valence-corrected chi connectivity index (χ0v) is 12.6. The zero-order chi connectivity index (χ0) is 15.2. The van der Waals surface area contributed by atoms with Crippen molar-refractivity contribution in [2.24, 2.45) is 0 Å². The minimum Gasteiger partial charge on any atom is -0.481 e. The van der Waals surface area contributed by atoms with Crippen LogP contribution in [0.15, 0.2) is 53.3 Å². The molecule has 0 fully saturated rings. The molecule has 0 radical (unpaired) electrons. The van der Waals surface area contributed by atoms with Crippen molar-refractivity contribution in [3.8, 4) is 0 Å². The normalized spacial score (nSPS) is 11.7. The molecule has 2 N–H and O–H groups in total. The van der Waals surface area contributed by atoms with E-state index in [1.54, 1.807) is 30.3 Å². The summed E-state index contributed by atoms with van der Waals surface area (Å²) in [7, 11) is 0. The van der Waals surface area contributed by atoms with Crippen LogP contribution in [-0.4, -0.2) is 22.0 Å². The lowest BCUT2D eigenvalue weighted by atomic mass is 10.0. The number of halogens is 1. The summed E-state index contributed by atoms with van der Waals surface area (Å²) >= 11 is 3.34. The van der Waals surface area contributed by atoms with E-state index in [0.29, 0.717) is 5.56 Å². The van der Waals surface area contributed by atoms with E-state index in [0.717, 1.165) is 10.0 Å². The van der Waals surface area contributed by atoms with Gasteiger partial charge in [-0.05, 0) is 29.8 Å². The standard InChI is InChI=1S/C15H13BrN2O3/c16-12-3-1-2-11(8-12)13(9-14(19)20)18-15(21)10-4-6-17-7-5-10/h1-8,13H,9H2,(H,18,21)(H,19,20)/t13-/m0/s1. The van der Waals surface area contributed by atoms with E-state index in [4.69, 9.17) is 5.11 Å². The Morgan fingerprint density at radius 2 is 1.95 bits per heavy atom. The first-order chi connectivity index (χ1) is 10.1. The van der Waals surface area contributed by atoms with Crippen LogP contribution in [0.5, 0.6) is 0 Å². The maximum atomic E-state index is 12.2. The summed E-state index contributed by atoms with van der Waals surface area (Å²) in [6.07, 6.45) is 2.84. The fraction of sp³-hybridized carbons (Fsp3) is 0.133. The quantitative estimate of drug-likeness (QED) is 0.870. The van der Waals surface area contributed by atoms with Crippen molar-refractivity contribution in [2.75, 3.05) is 0 Å². The summed E-state index contributed by atoms with van der Waals surface area (Å²) in [4.78, 5) is 27.0. The molecule has 0 aliphatic carbocycles. The lowest BCUT2D eigenvalue weighted by Crippen LogP contribution is -2.30. The van der Waals surface area contributed by atoms with Crippen molar-refractivity contribution >= 4 is 27.8 Å². The Morgan fingerprint density at radius 1 is 1.24 bits per heavy atom. The van der Waals surface area contributed by atoms with Crippen molar-refractivity contribution in [3.05, 3.63) is 64.4 Å². The summed E-state index contributed by atoms with van der Waals surface area (Å²) < 4.78 is 0.827. The number of nitrogens with one attached hydrogen (secondary N) is 1. The minimum absolute atomic E-state index is 0.187. The average molecular weight is 349 g/mol. The molecule has 0 saturated heterocycles. The highest BCUT2D eigenvalue weighted by Gasteiger charge is 2.19. The third kappa shape index (κ3) is 4.39. The van der Waals surface area contributed by atoms with E-state index in [2.05, 4.69) is 26.2 Å². The van der Waals surface area contributed by atoms with Gasteiger partial charge in [-0.25, -0.2) is 0 Å². The second kappa shape index (κ2) is 6.99. The van der Waals surface area contributed by atoms with Gasteiger partial charge in [0.2, 0.25) is 0 Å². The van der Waals surface area contributed by atoms with E-state index >= 15 is 0 Å². The molecular formula is C15H13BrN2O3. The molecule has 5 nitrogen and oxygen atoms in total. The van der Waals surface area contributed by atoms with Crippen molar-refractivity contribution < 1.29 is 14.7 Å². The van der Waals surface area contributed by atoms with Crippen LogP contribution in [0.3, 0.4) is 0 Å². The fourth-order valence-electron chi connectivity index (χ4n) is 1.90. The molecule has 21 heavy (non-hydrogen) atoms. The minimum atomic E-state index is -0.977. The molecule has 1 aromatic carbocycles. The molecular weight excluding hydrogens is 336 g/mol. The highest BCUT2D eigenvalue weighted by atomic mass is 79.9. The summed E-state index contributed by atoms with van der Waals surface area (Å²) in [6, 6.07) is 9.77. The maximum Gasteiger partial charge on any atom is 0.305 e. The average Bonchev–Trinajstić information content (AvgIpc) is 2.47. The molecule has 1 atom stereocenters. The number of rotatable bonds is 5. The zero-order valence-electron chi connectivity index (χ0n) is 11.0. The predicted molar refractivity (Wildman–Crippen MR) is 80.8 cm³/mol. The van der Waals surface area contributed by atoms with Crippen LogP contribution >= 0.6 is 15.9 Å². The fourth-order valence-corrected chi connectivity index (χ4v) is 2.31. The molecule has 0 spiro atoms. The van der Waals surface area contributed by atoms with Crippen LogP contribution in [0.1, 0.15) is 28.4 Å². The Morgan fingerprint density at radius 3 is 2.57 bits per heavy atom. The number of aliphatic carboxylic acids is 1. The largest absolute Gasteiger partial charge is 0.481 e. The Kier molecular flexibility index (Phi) is 5.05. The number of amides is 1. The van der Waals surface area contributed by atoms with Crippen LogP contribution in [0.4, 0.5) is 0 Å². The van der Waals surface area contributed by atoms with Gasteiger partial charge in [0.1, 0.15) is 0 Å². The lowest BCUT2D eigenvalue weighted by molar-refractivity contribution is -0.137. The van der Waals surface area contributed by atoms with Gasteiger partial charge >= 0.3 is 5.97 Å². The number of carbonyl (C=O) groups is 2. The number of carbonyl (C=O) groups excluding carboxylic acids is 1. The van der Waals surface area contributed by atoms with Crippen molar-refractivity contribution in [1.82, 2.24) is 10.3 Å². The topological polar surface area (TPSA) is 79.3 Å². The highest BCUT2D eigenvalue weighted by molar-refractivity contribution is 9.10. The number of benzene rings is 1. The molecule has 0 bridgehead atoms. The van der Waals surface area contributed by atoms with Gasteiger partial charge in [0.25, 0.3) is 5.91 Å². The Balaban J connectivity index is 2.21. The highest BCUT2D eigenvalue weighted by Crippen LogP contribution is 2.21. The summed E-state index contributed by atoms with van der Waals surface area (Å²) in [5.41, 5.74) is 1.17. The predicted octanol–water partition coefficient (Wildman–Crippen LogP) is 2.79. The molecule has 0 unspecified atom stereocenters. The summed E-state index contributed by atoms with van der Waals surface area (Å²) in [5.74, 6) is -1.31. The number of hydrogen-bond acceptors (Lipinski definition) is 3. The van der Waals surface area contributed by atoms with Gasteiger partial charge < -0.3 is 10.4 Å². The number of aromatic nitrogens is 1. The number of carboxylic acids is 1. The molecule has 6 heteroatoms. The first kappa shape index (κ1) is 15.2. The van der Waals surface area contributed by atoms with Crippen LogP contribution < -0.4 is 5.32 Å². The number of carboxylic acid groups (broad SMARTS) is 1. The van der Waals surface area contributed by atoms with Gasteiger partial charge in [0, 0.05) is 22.4 Å². The van der Waals surface area contributed by atoms with E-state index < -0.39 is 12.0 Å². The van der Waals surface area contributed by atoms with E-state index in [1.165, 1.54) is 12.4 Å². The molecule has 108 valence electrons. The molecule has 0 aliphatic rings. The van der Waals surface area contributed by atoms with Gasteiger partial charge in [-0.1, -0.05) is 28.1 Å². The van der Waals surface area contributed by atoms with Crippen molar-refractivity contribution in [3.63, 3.8) is 0 Å². The smallest absolute Gasteiger partial charge is 0.305 e. The van der Waals surface area contributed by atoms with Gasteiger partial charge in [0.15, 0.2) is 0 Å². The number of nitrogens with zero attached hydrogens (tertiary/aromatic N) is 1. The second-order valence-corrected chi connectivity index (χ2v) is 5.33. The SMILES string of the molecule is O=C(O)C[C@H](NC(=O)c1ccncc1)c1cccc(Br)c1. The second-order valence-electron chi connectivity index (χ2n) is 4.41. The van der Waals surface area contributed by atoms with Gasteiger partial charge in [-0.15, -0.1) is 0 Å². The maximum absolute atomic E-state index is 12.2. The third-order valence-corrected chi connectivity index (χ3v) is 3.37. The molecule has 1 aromatic heterocycles. The Hall–Kier alpha value is -2.21. The Bertz CT molecular complexity index is 646. The third-order valence-electron chi connectivity index (χ3n) is 2.88. The van der Waals surface area contributed by atoms with Crippen molar-refractivity contribution in [2.45, 2.75) is 12.5 Å². The number of pyridine rings is 1.